The Morgan fingerprint density at radius 2 is 2.00 bits per heavy atom. The Morgan fingerprint density at radius 1 is 1.30 bits per heavy atom. The van der Waals surface area contributed by atoms with Crippen molar-refractivity contribution in [1.29, 1.82) is 0 Å². The molecule has 9 heteroatoms. The van der Waals surface area contributed by atoms with Crippen molar-refractivity contribution in [1.82, 2.24) is 0 Å². The van der Waals surface area contributed by atoms with Crippen LogP contribution < -0.4 is 11.2 Å². The Kier molecular flexibility index (Phi) is 4.76. The summed E-state index contributed by atoms with van der Waals surface area (Å²) in [5.41, 5.74) is 0.294. The van der Waals surface area contributed by atoms with Gasteiger partial charge in [0.05, 0.1) is 11.0 Å². The first-order chi connectivity index (χ1) is 10.7. The van der Waals surface area contributed by atoms with Gasteiger partial charge in [0.1, 0.15) is 11.5 Å². The van der Waals surface area contributed by atoms with Crippen molar-refractivity contribution in [3.8, 4) is 5.75 Å². The third kappa shape index (κ3) is 3.90. The van der Waals surface area contributed by atoms with E-state index in [1.54, 1.807) is 0 Å². The third-order valence-electron chi connectivity index (χ3n) is 2.99. The summed E-state index contributed by atoms with van der Waals surface area (Å²) in [6.45, 7) is 1.28. The Balaban J connectivity index is 2.51. The first-order valence-corrected chi connectivity index (χ1v) is 7.83. The van der Waals surface area contributed by atoms with Crippen molar-refractivity contribution in [3.05, 3.63) is 30.3 Å². The van der Waals surface area contributed by atoms with Gasteiger partial charge in [0.25, 0.3) is 0 Å². The SMILES string of the molecule is CC(=O)CC(=O)Nc1ccc2cc(O)cc([S+]([O])(=O)ON)c2c1. The first kappa shape index (κ1) is 17.0. The van der Waals surface area contributed by atoms with Crippen molar-refractivity contribution in [2.24, 2.45) is 5.90 Å². The van der Waals surface area contributed by atoms with Crippen LogP contribution in [0.25, 0.3) is 10.8 Å². The molecule has 1 radical (unpaired) electrons. The zero-order valence-electron chi connectivity index (χ0n) is 12.1. The summed E-state index contributed by atoms with van der Waals surface area (Å²) in [4.78, 5) is 22.2. The normalized spacial score (nSPS) is 13.5. The third-order valence-corrected chi connectivity index (χ3v) is 4.12. The van der Waals surface area contributed by atoms with Gasteiger partial charge in [-0.1, -0.05) is 6.07 Å². The number of nitrogens with two attached hydrogens (primary N) is 1. The number of phenols is 1. The van der Waals surface area contributed by atoms with Crippen LogP contribution >= 0.6 is 0 Å². The van der Waals surface area contributed by atoms with Crippen molar-refractivity contribution >= 4 is 38.6 Å². The first-order valence-electron chi connectivity index (χ1n) is 6.42. The lowest BCUT2D eigenvalue weighted by molar-refractivity contribution is -0.124. The number of carbonyl (C=O) groups is 2. The summed E-state index contributed by atoms with van der Waals surface area (Å²) in [5.74, 6) is 3.68. The van der Waals surface area contributed by atoms with Crippen LogP contribution in [0.1, 0.15) is 13.3 Å². The van der Waals surface area contributed by atoms with Gasteiger partial charge >= 0.3 is 10.5 Å². The van der Waals surface area contributed by atoms with E-state index in [-0.39, 0.29) is 28.2 Å². The van der Waals surface area contributed by atoms with E-state index in [0.717, 1.165) is 6.07 Å². The van der Waals surface area contributed by atoms with Gasteiger partial charge in [-0.05, 0) is 39.0 Å². The molecule has 1 atom stereocenters. The summed E-state index contributed by atoms with van der Waals surface area (Å²) in [7, 11) is -4.26. The molecule has 1 unspecified atom stereocenters. The molecule has 0 saturated heterocycles. The maximum absolute atomic E-state index is 11.9. The Bertz CT molecular complexity index is 835. The number of aromatic hydroxyl groups is 1. The number of amides is 1. The van der Waals surface area contributed by atoms with Crippen LogP contribution in [-0.4, -0.2) is 16.8 Å². The molecule has 2 rings (SSSR count). The smallest absolute Gasteiger partial charge is 0.448 e. The second kappa shape index (κ2) is 6.42. The van der Waals surface area contributed by atoms with E-state index in [9.17, 15) is 23.5 Å². The van der Waals surface area contributed by atoms with E-state index in [2.05, 4.69) is 9.60 Å². The van der Waals surface area contributed by atoms with E-state index in [0.29, 0.717) is 11.1 Å². The van der Waals surface area contributed by atoms with E-state index in [1.807, 2.05) is 0 Å². The lowest BCUT2D eigenvalue weighted by atomic mass is 10.1. The van der Waals surface area contributed by atoms with Crippen LogP contribution in [0.15, 0.2) is 35.2 Å². The maximum Gasteiger partial charge on any atom is 0.448 e. The number of hydrogen-bond acceptors (Lipinski definition) is 6. The van der Waals surface area contributed by atoms with Crippen LogP contribution in [0.4, 0.5) is 5.69 Å². The number of hydrogen-bond donors (Lipinski definition) is 3. The molecule has 0 spiro atoms. The molecule has 1 amide bonds. The number of ketones is 1. The van der Waals surface area contributed by atoms with Gasteiger partial charge < -0.3 is 10.4 Å². The van der Waals surface area contributed by atoms with Gasteiger partial charge in [-0.2, -0.15) is 5.90 Å². The highest BCUT2D eigenvalue weighted by molar-refractivity contribution is 7.93. The monoisotopic (exact) mass is 338 g/mol. The molecule has 0 saturated carbocycles. The molecular weight excluding hydrogens is 324 g/mol. The number of anilines is 1. The highest BCUT2D eigenvalue weighted by atomic mass is 32.3. The number of rotatable bonds is 5. The Morgan fingerprint density at radius 3 is 2.61 bits per heavy atom. The lowest BCUT2D eigenvalue weighted by Crippen LogP contribution is -2.17. The summed E-state index contributed by atoms with van der Waals surface area (Å²) < 4.78 is 27.7. The summed E-state index contributed by atoms with van der Waals surface area (Å²) in [6.07, 6.45) is -0.287. The molecular formula is C14H14N2O6S+. The molecule has 0 aliphatic carbocycles. The summed E-state index contributed by atoms with van der Waals surface area (Å²) >= 11 is 0. The Labute approximate surface area is 132 Å². The molecule has 0 heterocycles. The standard InChI is InChI=1S/C14H14N2O6S/c1-8(17)4-14(19)16-10-3-2-9-5-11(18)7-13(12(9)6-10)23(20,21)22-15/h2-3,5-7,18H,4,15H2,1H3,(H,16,19)/q+1. The molecule has 0 fully saturated rings. The molecule has 0 aromatic heterocycles. The largest absolute Gasteiger partial charge is 0.508 e. The quantitative estimate of drug-likeness (QED) is 0.428. The zero-order chi connectivity index (χ0) is 17.2. The van der Waals surface area contributed by atoms with Crippen LogP contribution in [0.3, 0.4) is 0 Å². The van der Waals surface area contributed by atoms with Gasteiger partial charge in [-0.25, -0.2) is 0 Å². The van der Waals surface area contributed by atoms with E-state index < -0.39 is 16.4 Å². The van der Waals surface area contributed by atoms with Crippen LogP contribution in [0.2, 0.25) is 0 Å². The molecule has 2 aromatic carbocycles. The van der Waals surface area contributed by atoms with Crippen LogP contribution in [0, 0.1) is 0 Å². The average molecular weight is 338 g/mol. The number of carbonyl (C=O) groups excluding carboxylic acids is 2. The fourth-order valence-corrected chi connectivity index (χ4v) is 2.89. The summed E-state index contributed by atoms with van der Waals surface area (Å²) in [5, 5.41) is 12.7. The van der Waals surface area contributed by atoms with Crippen LogP contribution in [0.5, 0.6) is 5.75 Å². The van der Waals surface area contributed by atoms with Gasteiger partial charge in [0.15, 0.2) is 0 Å². The molecule has 0 aliphatic rings. The average Bonchev–Trinajstić information content (AvgIpc) is 2.45. The van der Waals surface area contributed by atoms with Crippen molar-refractivity contribution in [3.63, 3.8) is 0 Å². The second-order valence-corrected chi connectivity index (χ2v) is 6.40. The lowest BCUT2D eigenvalue weighted by Gasteiger charge is -2.08. The topological polar surface area (TPSA) is 139 Å². The molecule has 121 valence electrons. The highest BCUT2D eigenvalue weighted by Crippen LogP contribution is 2.33. The predicted molar refractivity (Wildman–Crippen MR) is 81.8 cm³/mol. The second-order valence-electron chi connectivity index (χ2n) is 4.86. The number of benzene rings is 2. The fraction of sp³-hybridized carbons (Fsp3) is 0.143. The van der Waals surface area contributed by atoms with Crippen molar-refractivity contribution in [2.75, 3.05) is 5.32 Å². The fourth-order valence-electron chi connectivity index (χ4n) is 2.08. The number of Topliss-reactive ketones (excluding diaryl/α,β-unsaturated/α-hetero) is 1. The minimum Gasteiger partial charge on any atom is -0.508 e. The molecule has 2 aromatic rings. The number of phenolic OH excluding ortho intramolecular Hbond substituents is 1. The van der Waals surface area contributed by atoms with E-state index >= 15 is 0 Å². The molecule has 4 N–H and O–H groups in total. The number of nitrogens with one attached hydrogen (secondary N) is 1. The highest BCUT2D eigenvalue weighted by Gasteiger charge is 2.37. The minimum absolute atomic E-state index is 0.203. The van der Waals surface area contributed by atoms with Crippen LogP contribution in [-0.2, 0) is 33.1 Å². The predicted octanol–water partition coefficient (Wildman–Crippen LogP) is 1.47. The van der Waals surface area contributed by atoms with E-state index in [1.165, 1.54) is 31.2 Å². The van der Waals surface area contributed by atoms with E-state index in [4.69, 9.17) is 5.90 Å². The molecule has 8 nitrogen and oxygen atoms in total. The zero-order valence-corrected chi connectivity index (χ0v) is 12.9. The Hall–Kier alpha value is -2.33. The van der Waals surface area contributed by atoms with Gasteiger partial charge in [0.2, 0.25) is 10.8 Å². The maximum atomic E-state index is 11.9. The van der Waals surface area contributed by atoms with Crippen molar-refractivity contribution in [2.45, 2.75) is 18.2 Å². The molecule has 0 bridgehead atoms. The molecule has 0 aliphatic heterocycles. The summed E-state index contributed by atoms with van der Waals surface area (Å²) in [6, 6.07) is 6.75. The number of fused-ring (bicyclic) bond motifs is 1. The van der Waals surface area contributed by atoms with Gasteiger partial charge in [0, 0.05) is 17.1 Å². The van der Waals surface area contributed by atoms with Crippen molar-refractivity contribution < 1.29 is 27.7 Å². The van der Waals surface area contributed by atoms with Gasteiger partial charge in [-0.3, -0.25) is 9.59 Å². The minimum atomic E-state index is -4.26. The molecule has 23 heavy (non-hydrogen) atoms. The van der Waals surface area contributed by atoms with Gasteiger partial charge in [-0.15, -0.1) is 0 Å².